The van der Waals surface area contributed by atoms with Crippen LogP contribution >= 0.6 is 11.3 Å². The van der Waals surface area contributed by atoms with Crippen LogP contribution in [0.3, 0.4) is 0 Å². The van der Waals surface area contributed by atoms with E-state index in [0.29, 0.717) is 16.1 Å². The quantitative estimate of drug-likeness (QED) is 0.460. The van der Waals surface area contributed by atoms with E-state index in [1.54, 1.807) is 24.4 Å². The van der Waals surface area contributed by atoms with Crippen molar-refractivity contribution in [3.05, 3.63) is 69.7 Å². The van der Waals surface area contributed by atoms with Crippen molar-refractivity contribution >= 4 is 39.4 Å². The number of benzene rings is 1. The summed E-state index contributed by atoms with van der Waals surface area (Å²) in [7, 11) is 0. The summed E-state index contributed by atoms with van der Waals surface area (Å²) in [4.78, 5) is 41.6. The zero-order valence-corrected chi connectivity index (χ0v) is 17.7. The molecule has 4 rings (SSSR count). The van der Waals surface area contributed by atoms with E-state index in [2.05, 4.69) is 10.3 Å². The predicted octanol–water partition coefficient (Wildman–Crippen LogP) is 3.84. The fourth-order valence-electron chi connectivity index (χ4n) is 3.15. The molecule has 0 spiro atoms. The smallest absolute Gasteiger partial charge is 0.421 e. The van der Waals surface area contributed by atoms with Gasteiger partial charge in [-0.05, 0) is 31.5 Å². The molecule has 4 aromatic rings. The van der Waals surface area contributed by atoms with E-state index in [0.717, 1.165) is 15.7 Å². The van der Waals surface area contributed by atoms with Crippen molar-refractivity contribution in [2.45, 2.75) is 20.4 Å². The van der Waals surface area contributed by atoms with Crippen molar-refractivity contribution in [3.63, 3.8) is 0 Å². The Bertz CT molecular complexity index is 1320. The molecule has 8 nitrogen and oxygen atoms in total. The molecule has 0 aliphatic heterocycles. The number of aryl methyl sites for hydroxylation is 1. The number of esters is 1. The number of aromatic nitrogens is 2. The second kappa shape index (κ2) is 8.57. The third-order valence-electron chi connectivity index (χ3n) is 4.61. The molecule has 1 amide bonds. The first-order valence-corrected chi connectivity index (χ1v) is 10.5. The van der Waals surface area contributed by atoms with Gasteiger partial charge in [-0.2, -0.15) is 0 Å². The Morgan fingerprint density at radius 3 is 2.74 bits per heavy atom. The van der Waals surface area contributed by atoms with Crippen molar-refractivity contribution in [1.82, 2.24) is 9.55 Å². The average molecular weight is 437 g/mol. The van der Waals surface area contributed by atoms with E-state index < -0.39 is 17.6 Å². The summed E-state index contributed by atoms with van der Waals surface area (Å²) >= 11 is 1.22. The van der Waals surface area contributed by atoms with Gasteiger partial charge in [0.15, 0.2) is 11.2 Å². The van der Waals surface area contributed by atoms with E-state index in [4.69, 9.17) is 9.15 Å². The summed E-state index contributed by atoms with van der Waals surface area (Å²) in [6, 6.07) is 11.0. The Balaban J connectivity index is 1.65. The molecular weight excluding hydrogens is 418 g/mol. The Kier molecular flexibility index (Phi) is 5.68. The van der Waals surface area contributed by atoms with E-state index >= 15 is 0 Å². The maximum Gasteiger partial charge on any atom is 0.421 e. The number of carbonyl (C=O) groups is 2. The lowest BCUT2D eigenvalue weighted by Crippen LogP contribution is -2.25. The Morgan fingerprint density at radius 1 is 1.23 bits per heavy atom. The number of amides is 1. The van der Waals surface area contributed by atoms with E-state index in [-0.39, 0.29) is 24.4 Å². The van der Waals surface area contributed by atoms with Crippen LogP contribution in [-0.4, -0.2) is 28.0 Å². The molecule has 0 aliphatic rings. The number of hydrogen-bond donors (Lipinski definition) is 1. The molecular formula is C22H19N3O5S. The molecule has 0 radical (unpaired) electrons. The van der Waals surface area contributed by atoms with Gasteiger partial charge in [0.05, 0.1) is 6.61 Å². The molecule has 0 saturated heterocycles. The zero-order valence-electron chi connectivity index (χ0n) is 16.9. The van der Waals surface area contributed by atoms with E-state index in [1.165, 1.54) is 17.5 Å². The molecule has 31 heavy (non-hydrogen) atoms. The van der Waals surface area contributed by atoms with Gasteiger partial charge in [-0.3, -0.25) is 4.79 Å². The standard InChI is InChI=1S/C22H19N3O5S/c1-3-29-21(27)18-15(14-8-6-13(2)7-9-14)12-31-20(18)24-17(26)11-25-19-16(30-22(25)28)5-4-10-23-19/h4-10,12H,3,11H2,1-2H3,(H,24,26). The maximum atomic E-state index is 12.7. The fraction of sp³-hybridized carbons (Fsp3) is 0.182. The number of thiophene rings is 1. The monoisotopic (exact) mass is 437 g/mol. The van der Waals surface area contributed by atoms with Crippen molar-refractivity contribution < 1.29 is 18.7 Å². The van der Waals surface area contributed by atoms with Crippen LogP contribution in [0.1, 0.15) is 22.8 Å². The second-order valence-electron chi connectivity index (χ2n) is 6.77. The third-order valence-corrected chi connectivity index (χ3v) is 5.51. The lowest BCUT2D eigenvalue weighted by molar-refractivity contribution is -0.116. The van der Waals surface area contributed by atoms with Gasteiger partial charge < -0.3 is 14.5 Å². The first kappa shape index (κ1) is 20.5. The molecule has 0 unspecified atom stereocenters. The van der Waals surface area contributed by atoms with Gasteiger partial charge in [0, 0.05) is 17.1 Å². The van der Waals surface area contributed by atoms with Crippen LogP contribution in [0, 0.1) is 6.92 Å². The van der Waals surface area contributed by atoms with Crippen molar-refractivity contribution in [2.75, 3.05) is 11.9 Å². The molecule has 0 atom stereocenters. The van der Waals surface area contributed by atoms with Gasteiger partial charge in [0.25, 0.3) is 0 Å². The number of carbonyl (C=O) groups excluding carboxylic acids is 2. The Hall–Kier alpha value is -3.72. The highest BCUT2D eigenvalue weighted by Crippen LogP contribution is 2.36. The molecule has 9 heteroatoms. The Labute approximate surface area is 181 Å². The number of nitrogens with zero attached hydrogens (tertiary/aromatic N) is 2. The van der Waals surface area contributed by atoms with Crippen molar-refractivity contribution in [3.8, 4) is 11.1 Å². The summed E-state index contributed by atoms with van der Waals surface area (Å²) in [5, 5.41) is 4.88. The van der Waals surface area contributed by atoms with Gasteiger partial charge in [-0.1, -0.05) is 29.8 Å². The SMILES string of the molecule is CCOC(=O)c1c(-c2ccc(C)cc2)csc1NC(=O)Cn1c(=O)oc2cccnc21. The van der Waals surface area contributed by atoms with Crippen LogP contribution in [0.15, 0.2) is 57.2 Å². The molecule has 1 aromatic carbocycles. The van der Waals surface area contributed by atoms with Crippen LogP contribution in [-0.2, 0) is 16.1 Å². The highest BCUT2D eigenvalue weighted by atomic mass is 32.1. The van der Waals surface area contributed by atoms with Gasteiger partial charge in [0.1, 0.15) is 17.1 Å². The van der Waals surface area contributed by atoms with Gasteiger partial charge in [0.2, 0.25) is 5.91 Å². The molecule has 0 fully saturated rings. The summed E-state index contributed by atoms with van der Waals surface area (Å²) in [6.45, 7) is 3.60. The normalized spacial score (nSPS) is 10.9. The maximum absolute atomic E-state index is 12.7. The summed E-state index contributed by atoms with van der Waals surface area (Å²) in [5.74, 6) is -1.69. The predicted molar refractivity (Wildman–Crippen MR) is 117 cm³/mol. The minimum Gasteiger partial charge on any atom is -0.462 e. The van der Waals surface area contributed by atoms with Gasteiger partial charge in [-0.15, -0.1) is 11.3 Å². The van der Waals surface area contributed by atoms with E-state index in [1.807, 2.05) is 31.2 Å². The van der Waals surface area contributed by atoms with Crippen LogP contribution in [0.4, 0.5) is 5.00 Å². The third kappa shape index (κ3) is 4.13. The molecule has 3 heterocycles. The Morgan fingerprint density at radius 2 is 2.00 bits per heavy atom. The van der Waals surface area contributed by atoms with Crippen LogP contribution in [0.2, 0.25) is 0 Å². The highest BCUT2D eigenvalue weighted by molar-refractivity contribution is 7.15. The number of ether oxygens (including phenoxy) is 1. The number of anilines is 1. The first-order valence-electron chi connectivity index (χ1n) is 9.57. The van der Waals surface area contributed by atoms with Crippen LogP contribution < -0.4 is 11.1 Å². The fourth-order valence-corrected chi connectivity index (χ4v) is 4.12. The number of oxazole rings is 1. The number of nitrogens with one attached hydrogen (secondary N) is 1. The molecule has 3 aromatic heterocycles. The summed E-state index contributed by atoms with van der Waals surface area (Å²) in [6.07, 6.45) is 1.51. The number of hydrogen-bond acceptors (Lipinski definition) is 7. The zero-order chi connectivity index (χ0) is 22.0. The summed E-state index contributed by atoms with van der Waals surface area (Å²) < 4.78 is 11.5. The minimum absolute atomic E-state index is 0.206. The highest BCUT2D eigenvalue weighted by Gasteiger charge is 2.23. The topological polar surface area (TPSA) is 103 Å². The second-order valence-corrected chi connectivity index (χ2v) is 7.65. The molecule has 0 saturated carbocycles. The van der Waals surface area contributed by atoms with Crippen molar-refractivity contribution in [2.24, 2.45) is 0 Å². The van der Waals surface area contributed by atoms with Crippen molar-refractivity contribution in [1.29, 1.82) is 0 Å². The average Bonchev–Trinajstić information content (AvgIpc) is 3.30. The van der Waals surface area contributed by atoms with E-state index in [9.17, 15) is 14.4 Å². The summed E-state index contributed by atoms with van der Waals surface area (Å²) in [5.41, 5.74) is 3.46. The van der Waals surface area contributed by atoms with Gasteiger partial charge >= 0.3 is 11.7 Å². The molecule has 1 N–H and O–H groups in total. The largest absolute Gasteiger partial charge is 0.462 e. The lowest BCUT2D eigenvalue weighted by Gasteiger charge is -2.09. The lowest BCUT2D eigenvalue weighted by atomic mass is 10.0. The molecule has 158 valence electrons. The minimum atomic E-state index is -0.680. The number of pyridine rings is 1. The first-order chi connectivity index (χ1) is 15.0. The number of rotatable bonds is 6. The van der Waals surface area contributed by atoms with Gasteiger partial charge in [-0.25, -0.2) is 19.1 Å². The number of fused-ring (bicyclic) bond motifs is 1. The van der Waals surface area contributed by atoms with Crippen LogP contribution in [0.25, 0.3) is 22.4 Å². The molecule has 0 aliphatic carbocycles. The van der Waals surface area contributed by atoms with Crippen LogP contribution in [0.5, 0.6) is 0 Å². The molecule has 0 bridgehead atoms.